The molecule has 0 saturated heterocycles. The SMILES string of the molecule is Cc1cc(Cl)c(S(=O)(=O)Cl)c(Br)c1. The Morgan fingerprint density at radius 1 is 1.38 bits per heavy atom. The molecule has 72 valence electrons. The quantitative estimate of drug-likeness (QED) is 0.746. The lowest BCUT2D eigenvalue weighted by Crippen LogP contribution is -1.94. The van der Waals surface area contributed by atoms with Gasteiger partial charge in [-0.25, -0.2) is 8.42 Å². The van der Waals surface area contributed by atoms with Crippen LogP contribution < -0.4 is 0 Å². The van der Waals surface area contributed by atoms with Crippen molar-refractivity contribution < 1.29 is 8.42 Å². The molecule has 0 bridgehead atoms. The van der Waals surface area contributed by atoms with Crippen LogP contribution in [0.15, 0.2) is 21.5 Å². The molecule has 0 unspecified atom stereocenters. The summed E-state index contributed by atoms with van der Waals surface area (Å²) in [6.07, 6.45) is 0. The molecule has 0 atom stereocenters. The maximum atomic E-state index is 11.0. The van der Waals surface area contributed by atoms with Gasteiger partial charge in [0.15, 0.2) is 0 Å². The minimum atomic E-state index is -3.79. The lowest BCUT2D eigenvalue weighted by atomic mass is 10.2. The fourth-order valence-electron chi connectivity index (χ4n) is 0.920. The fraction of sp³-hybridized carbons (Fsp3) is 0.143. The second kappa shape index (κ2) is 3.77. The molecule has 6 heteroatoms. The van der Waals surface area contributed by atoms with Crippen molar-refractivity contribution in [2.24, 2.45) is 0 Å². The number of benzene rings is 1. The molecule has 0 heterocycles. The average molecular weight is 304 g/mol. The topological polar surface area (TPSA) is 34.1 Å². The van der Waals surface area contributed by atoms with Crippen LogP contribution in [0.1, 0.15) is 5.56 Å². The minimum absolute atomic E-state index is 0.0820. The van der Waals surface area contributed by atoms with Crippen LogP contribution in [0.25, 0.3) is 0 Å². The van der Waals surface area contributed by atoms with Gasteiger partial charge >= 0.3 is 0 Å². The molecule has 0 radical (unpaired) electrons. The molecular weight excluding hydrogens is 299 g/mol. The first-order chi connectivity index (χ1) is 5.82. The van der Waals surface area contributed by atoms with Gasteiger partial charge in [0.1, 0.15) is 4.90 Å². The van der Waals surface area contributed by atoms with Gasteiger partial charge < -0.3 is 0 Å². The average Bonchev–Trinajstić information content (AvgIpc) is 1.78. The van der Waals surface area contributed by atoms with Gasteiger partial charge in [0.05, 0.1) is 5.02 Å². The largest absolute Gasteiger partial charge is 0.263 e. The van der Waals surface area contributed by atoms with E-state index in [2.05, 4.69) is 15.9 Å². The van der Waals surface area contributed by atoms with Gasteiger partial charge in [0.2, 0.25) is 0 Å². The van der Waals surface area contributed by atoms with E-state index in [1.165, 1.54) is 0 Å². The highest BCUT2D eigenvalue weighted by atomic mass is 79.9. The molecule has 1 aromatic rings. The summed E-state index contributed by atoms with van der Waals surface area (Å²) >= 11 is 8.81. The third-order valence-corrected chi connectivity index (χ3v) is 4.07. The Labute approximate surface area is 94.4 Å². The van der Waals surface area contributed by atoms with Crippen LogP contribution in [0, 0.1) is 6.92 Å². The van der Waals surface area contributed by atoms with Crippen LogP contribution in [-0.4, -0.2) is 8.42 Å². The molecule has 0 fully saturated rings. The van der Waals surface area contributed by atoms with E-state index < -0.39 is 9.05 Å². The summed E-state index contributed by atoms with van der Waals surface area (Å²) < 4.78 is 22.5. The first-order valence-corrected chi connectivity index (χ1v) is 6.70. The standard InChI is InChI=1S/C7H5BrCl2O2S/c1-4-2-5(8)7(6(9)3-4)13(10,11)12/h2-3H,1H3. The van der Waals surface area contributed by atoms with Crippen molar-refractivity contribution in [3.63, 3.8) is 0 Å². The van der Waals surface area contributed by atoms with E-state index >= 15 is 0 Å². The zero-order valence-electron chi connectivity index (χ0n) is 6.51. The second-order valence-electron chi connectivity index (χ2n) is 2.50. The molecule has 0 saturated carbocycles. The summed E-state index contributed by atoms with van der Waals surface area (Å²) in [5, 5.41) is 0.127. The Bertz CT molecular complexity index is 419. The summed E-state index contributed by atoms with van der Waals surface area (Å²) in [5.74, 6) is 0. The van der Waals surface area contributed by atoms with E-state index in [0.29, 0.717) is 4.47 Å². The summed E-state index contributed by atoms with van der Waals surface area (Å²) in [6.45, 7) is 1.81. The molecule has 13 heavy (non-hydrogen) atoms. The number of halogens is 3. The van der Waals surface area contributed by atoms with E-state index in [1.807, 2.05) is 0 Å². The van der Waals surface area contributed by atoms with E-state index in [4.69, 9.17) is 22.3 Å². The highest BCUT2D eigenvalue weighted by Crippen LogP contribution is 2.32. The summed E-state index contributed by atoms with van der Waals surface area (Å²) in [5.41, 5.74) is 0.862. The normalized spacial score (nSPS) is 11.7. The second-order valence-corrected chi connectivity index (χ2v) is 6.26. The van der Waals surface area contributed by atoms with E-state index in [0.717, 1.165) is 5.56 Å². The third-order valence-electron chi connectivity index (χ3n) is 1.39. The fourth-order valence-corrected chi connectivity index (χ4v) is 4.31. The number of hydrogen-bond donors (Lipinski definition) is 0. The molecule has 0 spiro atoms. The van der Waals surface area contributed by atoms with Gasteiger partial charge in [-0.1, -0.05) is 11.6 Å². The van der Waals surface area contributed by atoms with Crippen LogP contribution in [0.3, 0.4) is 0 Å². The Hall–Kier alpha value is 0.230. The van der Waals surface area contributed by atoms with Crippen LogP contribution in [0.2, 0.25) is 5.02 Å². The minimum Gasteiger partial charge on any atom is -0.207 e. The zero-order chi connectivity index (χ0) is 10.2. The Morgan fingerprint density at radius 3 is 2.31 bits per heavy atom. The van der Waals surface area contributed by atoms with Gasteiger partial charge in [0.25, 0.3) is 9.05 Å². The van der Waals surface area contributed by atoms with E-state index in [1.54, 1.807) is 19.1 Å². The molecule has 0 aliphatic heterocycles. The molecule has 0 aliphatic rings. The molecular formula is C7H5BrCl2O2S. The Kier molecular flexibility index (Phi) is 3.28. The molecule has 1 aromatic carbocycles. The third kappa shape index (κ3) is 2.59. The molecule has 1 rings (SSSR count). The van der Waals surface area contributed by atoms with Gasteiger partial charge in [0, 0.05) is 15.2 Å². The van der Waals surface area contributed by atoms with Crippen LogP contribution in [0.5, 0.6) is 0 Å². The highest BCUT2D eigenvalue weighted by Gasteiger charge is 2.18. The Morgan fingerprint density at radius 2 is 1.92 bits per heavy atom. The van der Waals surface area contributed by atoms with Crippen LogP contribution in [0.4, 0.5) is 0 Å². The van der Waals surface area contributed by atoms with Crippen molar-refractivity contribution in [1.29, 1.82) is 0 Å². The predicted octanol–water partition coefficient (Wildman–Crippen LogP) is 3.34. The molecule has 2 nitrogen and oxygen atoms in total. The summed E-state index contributed by atoms with van der Waals surface area (Å²) in [4.78, 5) is -0.0820. The number of hydrogen-bond acceptors (Lipinski definition) is 2. The van der Waals surface area contributed by atoms with Crippen molar-refractivity contribution in [2.75, 3.05) is 0 Å². The van der Waals surface area contributed by atoms with Gasteiger partial charge in [-0.2, -0.15) is 0 Å². The van der Waals surface area contributed by atoms with Crippen LogP contribution in [-0.2, 0) is 9.05 Å². The van der Waals surface area contributed by atoms with E-state index in [9.17, 15) is 8.42 Å². The van der Waals surface area contributed by atoms with E-state index in [-0.39, 0.29) is 9.92 Å². The molecule has 0 aromatic heterocycles. The Balaban J connectivity index is 3.57. The summed E-state index contributed by atoms with van der Waals surface area (Å²) in [7, 11) is 1.39. The number of rotatable bonds is 1. The lowest BCUT2D eigenvalue weighted by Gasteiger charge is -2.04. The smallest absolute Gasteiger partial charge is 0.207 e. The first kappa shape index (κ1) is 11.3. The van der Waals surface area contributed by atoms with Crippen molar-refractivity contribution in [2.45, 2.75) is 11.8 Å². The molecule has 0 aliphatic carbocycles. The zero-order valence-corrected chi connectivity index (χ0v) is 10.4. The predicted molar refractivity (Wildman–Crippen MR) is 56.9 cm³/mol. The van der Waals surface area contributed by atoms with Gasteiger partial charge in [-0.15, -0.1) is 0 Å². The highest BCUT2D eigenvalue weighted by molar-refractivity contribution is 9.10. The van der Waals surface area contributed by atoms with Crippen LogP contribution >= 0.6 is 38.2 Å². The molecule has 0 amide bonds. The van der Waals surface area contributed by atoms with Crippen molar-refractivity contribution in [3.05, 3.63) is 27.2 Å². The van der Waals surface area contributed by atoms with Gasteiger partial charge in [-0.05, 0) is 40.5 Å². The summed E-state index contributed by atoms with van der Waals surface area (Å²) in [6, 6.07) is 3.18. The van der Waals surface area contributed by atoms with Crippen molar-refractivity contribution >= 4 is 47.3 Å². The van der Waals surface area contributed by atoms with Crippen molar-refractivity contribution in [3.8, 4) is 0 Å². The maximum absolute atomic E-state index is 11.0. The first-order valence-electron chi connectivity index (χ1n) is 3.22. The molecule has 0 N–H and O–H groups in total. The number of aryl methyl sites for hydroxylation is 1. The lowest BCUT2D eigenvalue weighted by molar-refractivity contribution is 0.609. The van der Waals surface area contributed by atoms with Gasteiger partial charge in [-0.3, -0.25) is 0 Å². The maximum Gasteiger partial charge on any atom is 0.263 e. The monoisotopic (exact) mass is 302 g/mol. The van der Waals surface area contributed by atoms with Crippen molar-refractivity contribution in [1.82, 2.24) is 0 Å².